The number of phenols is 1. The molecule has 0 radical (unpaired) electrons. The molecule has 0 amide bonds. The van der Waals surface area contributed by atoms with Gasteiger partial charge in [0.05, 0.1) is 9.92 Å². The van der Waals surface area contributed by atoms with E-state index in [0.29, 0.717) is 21.7 Å². The van der Waals surface area contributed by atoms with E-state index < -0.39 is 14.7 Å². The summed E-state index contributed by atoms with van der Waals surface area (Å²) >= 11 is 11.9. The van der Waals surface area contributed by atoms with Crippen LogP contribution in [0, 0.1) is 11.3 Å². The highest BCUT2D eigenvalue weighted by Gasteiger charge is 2.28. The van der Waals surface area contributed by atoms with E-state index in [2.05, 4.69) is 0 Å². The molecule has 0 aliphatic heterocycles. The third-order valence-corrected chi connectivity index (χ3v) is 7.01. The van der Waals surface area contributed by atoms with Crippen LogP contribution in [0.15, 0.2) is 40.1 Å². The highest BCUT2D eigenvalue weighted by molar-refractivity contribution is 7.95. The van der Waals surface area contributed by atoms with Crippen LogP contribution >= 0.6 is 23.2 Å². The van der Waals surface area contributed by atoms with Crippen molar-refractivity contribution in [1.82, 2.24) is 0 Å². The van der Waals surface area contributed by atoms with E-state index in [9.17, 15) is 18.8 Å². The molecule has 0 fully saturated rings. The Bertz CT molecular complexity index is 1130. The number of nitriles is 1. The van der Waals surface area contributed by atoms with Gasteiger partial charge in [0, 0.05) is 16.1 Å². The Hall–Kier alpha value is -2.00. The molecule has 1 N–H and O–H groups in total. The zero-order chi connectivity index (χ0) is 23.1. The number of nitrogens with zero attached hydrogens (tertiary/aromatic N) is 1. The minimum atomic E-state index is -4.16. The van der Waals surface area contributed by atoms with Gasteiger partial charge in [0.1, 0.15) is 16.7 Å². The van der Waals surface area contributed by atoms with Gasteiger partial charge in [-0.25, -0.2) is 8.42 Å². The van der Waals surface area contributed by atoms with Crippen LogP contribution in [0.5, 0.6) is 5.75 Å². The Morgan fingerprint density at radius 2 is 1.50 bits per heavy atom. The lowest BCUT2D eigenvalue weighted by atomic mass is 9.78. The van der Waals surface area contributed by atoms with Crippen molar-refractivity contribution >= 4 is 39.1 Å². The lowest BCUT2D eigenvalue weighted by Gasteiger charge is -2.28. The fourth-order valence-corrected chi connectivity index (χ4v) is 4.94. The molecule has 0 heterocycles. The van der Waals surface area contributed by atoms with Crippen molar-refractivity contribution < 1.29 is 13.5 Å². The quantitative estimate of drug-likeness (QED) is 0.515. The molecule has 0 atom stereocenters. The third kappa shape index (κ3) is 5.00. The van der Waals surface area contributed by atoms with Gasteiger partial charge >= 0.3 is 0 Å². The number of aromatic hydroxyl groups is 1. The zero-order valence-corrected chi connectivity index (χ0v) is 20.2. The van der Waals surface area contributed by atoms with Gasteiger partial charge < -0.3 is 5.11 Å². The molecule has 0 bridgehead atoms. The standard InChI is InChI=1S/C23H25Cl2NO3S/c1-22(2,3)17-10-14(11-18(21(17)27)23(4,5)6)9-16(13-26)30(28,29)20-8-7-15(24)12-19(20)25/h7-12,27H,1-6H3/b16-9+. The summed E-state index contributed by atoms with van der Waals surface area (Å²) in [5, 5.41) is 20.7. The summed E-state index contributed by atoms with van der Waals surface area (Å²) in [5.74, 6) is 0.175. The van der Waals surface area contributed by atoms with Crippen LogP contribution in [-0.4, -0.2) is 13.5 Å². The number of halogens is 2. The van der Waals surface area contributed by atoms with Crippen LogP contribution in [0.3, 0.4) is 0 Å². The number of rotatable bonds is 3. The molecule has 4 nitrogen and oxygen atoms in total. The van der Waals surface area contributed by atoms with Gasteiger partial charge in [0.2, 0.25) is 9.84 Å². The van der Waals surface area contributed by atoms with Gasteiger partial charge in [-0.2, -0.15) is 5.26 Å². The van der Waals surface area contributed by atoms with E-state index in [0.717, 1.165) is 0 Å². The molecule has 2 aromatic rings. The first-order chi connectivity index (χ1) is 13.6. The summed E-state index contributed by atoms with van der Waals surface area (Å²) in [5.41, 5.74) is 1.06. The maximum atomic E-state index is 13.1. The monoisotopic (exact) mass is 465 g/mol. The van der Waals surface area contributed by atoms with E-state index in [1.165, 1.54) is 24.3 Å². The second-order valence-corrected chi connectivity index (χ2v) is 11.9. The van der Waals surface area contributed by atoms with Crippen molar-refractivity contribution in [2.24, 2.45) is 0 Å². The minimum Gasteiger partial charge on any atom is -0.507 e. The van der Waals surface area contributed by atoms with Crippen LogP contribution in [0.1, 0.15) is 58.2 Å². The molecule has 7 heteroatoms. The maximum Gasteiger partial charge on any atom is 0.218 e. The van der Waals surface area contributed by atoms with E-state index in [-0.39, 0.29) is 26.5 Å². The third-order valence-electron chi connectivity index (χ3n) is 4.63. The normalized spacial score (nSPS) is 13.2. The number of benzene rings is 2. The van der Waals surface area contributed by atoms with Crippen molar-refractivity contribution in [3.05, 3.63) is 62.0 Å². The smallest absolute Gasteiger partial charge is 0.218 e. The first-order valence-corrected chi connectivity index (χ1v) is 11.5. The average Bonchev–Trinajstić information content (AvgIpc) is 2.58. The zero-order valence-electron chi connectivity index (χ0n) is 17.8. The maximum absolute atomic E-state index is 13.1. The van der Waals surface area contributed by atoms with Crippen LogP contribution in [-0.2, 0) is 20.7 Å². The van der Waals surface area contributed by atoms with Crippen LogP contribution in [0.4, 0.5) is 0 Å². The molecule has 0 spiro atoms. The lowest BCUT2D eigenvalue weighted by molar-refractivity contribution is 0.423. The van der Waals surface area contributed by atoms with Gasteiger partial charge in [-0.1, -0.05) is 64.7 Å². The number of hydrogen-bond acceptors (Lipinski definition) is 4. The molecule has 2 aromatic carbocycles. The van der Waals surface area contributed by atoms with Crippen LogP contribution in [0.25, 0.3) is 6.08 Å². The Balaban J connectivity index is 2.77. The first-order valence-electron chi connectivity index (χ1n) is 9.29. The van der Waals surface area contributed by atoms with Gasteiger partial charge in [0.15, 0.2) is 0 Å². The fraction of sp³-hybridized carbons (Fsp3) is 0.348. The molecule has 160 valence electrons. The van der Waals surface area contributed by atoms with Crippen molar-refractivity contribution in [2.75, 3.05) is 0 Å². The van der Waals surface area contributed by atoms with Crippen LogP contribution in [0.2, 0.25) is 10.0 Å². The van der Waals surface area contributed by atoms with E-state index >= 15 is 0 Å². The summed E-state index contributed by atoms with van der Waals surface area (Å²) < 4.78 is 26.1. The number of allylic oxidation sites excluding steroid dienone is 1. The topological polar surface area (TPSA) is 78.2 Å². The molecule has 0 unspecified atom stereocenters. The summed E-state index contributed by atoms with van der Waals surface area (Å²) in [6.07, 6.45) is 1.31. The summed E-state index contributed by atoms with van der Waals surface area (Å²) in [4.78, 5) is -0.635. The predicted octanol–water partition coefficient (Wildman–Crippen LogP) is 6.63. The minimum absolute atomic E-state index is 0.0554. The van der Waals surface area contributed by atoms with Gasteiger partial charge in [-0.3, -0.25) is 0 Å². The molecule has 0 aliphatic carbocycles. The first kappa shape index (κ1) is 24.3. The van der Waals surface area contributed by atoms with E-state index in [1.807, 2.05) is 41.5 Å². The van der Waals surface area contributed by atoms with Crippen LogP contribution < -0.4 is 0 Å². The Labute approximate surface area is 188 Å². The highest BCUT2D eigenvalue weighted by Crippen LogP contribution is 2.40. The summed E-state index contributed by atoms with van der Waals surface area (Å²) in [6, 6.07) is 9.21. The van der Waals surface area contributed by atoms with E-state index in [4.69, 9.17) is 23.2 Å². The number of hydrogen-bond donors (Lipinski definition) is 1. The molecule has 2 rings (SSSR count). The molecular weight excluding hydrogens is 441 g/mol. The molecule has 0 aliphatic rings. The fourth-order valence-electron chi connectivity index (χ4n) is 3.02. The highest BCUT2D eigenvalue weighted by atomic mass is 35.5. The van der Waals surface area contributed by atoms with Crippen molar-refractivity contribution in [3.8, 4) is 11.8 Å². The lowest BCUT2D eigenvalue weighted by Crippen LogP contribution is -2.17. The molecular formula is C23H25Cl2NO3S. The number of sulfone groups is 1. The molecule has 30 heavy (non-hydrogen) atoms. The Kier molecular flexibility index (Phi) is 6.68. The van der Waals surface area contributed by atoms with Gasteiger partial charge in [-0.05, 0) is 52.8 Å². The van der Waals surface area contributed by atoms with Crippen molar-refractivity contribution in [2.45, 2.75) is 57.3 Å². The van der Waals surface area contributed by atoms with Gasteiger partial charge in [-0.15, -0.1) is 0 Å². The Morgan fingerprint density at radius 3 is 1.90 bits per heavy atom. The second kappa shape index (κ2) is 8.26. The average molecular weight is 466 g/mol. The largest absolute Gasteiger partial charge is 0.507 e. The summed E-state index contributed by atoms with van der Waals surface area (Å²) in [6.45, 7) is 11.7. The Morgan fingerprint density at radius 1 is 1.00 bits per heavy atom. The molecule has 0 aromatic heterocycles. The SMILES string of the molecule is CC(C)(C)c1cc(/C=C(\C#N)S(=O)(=O)c2ccc(Cl)cc2Cl)cc(C(C)(C)C)c1O. The summed E-state index contributed by atoms with van der Waals surface area (Å²) in [7, 11) is -4.16. The van der Waals surface area contributed by atoms with E-state index in [1.54, 1.807) is 18.2 Å². The second-order valence-electron chi connectivity index (χ2n) is 9.16. The van der Waals surface area contributed by atoms with Crippen molar-refractivity contribution in [1.29, 1.82) is 5.26 Å². The molecule has 0 saturated carbocycles. The number of phenolic OH excluding ortho intramolecular Hbond substituents is 1. The molecule has 0 saturated heterocycles. The van der Waals surface area contributed by atoms with Crippen molar-refractivity contribution in [3.63, 3.8) is 0 Å². The predicted molar refractivity (Wildman–Crippen MR) is 123 cm³/mol. The van der Waals surface area contributed by atoms with Gasteiger partial charge in [0.25, 0.3) is 0 Å².